The molecule has 0 spiro atoms. The fourth-order valence-electron chi connectivity index (χ4n) is 4.41. The van der Waals surface area contributed by atoms with Gasteiger partial charge in [0.25, 0.3) is 0 Å². The van der Waals surface area contributed by atoms with Gasteiger partial charge >= 0.3 is 0 Å². The van der Waals surface area contributed by atoms with Gasteiger partial charge in [0, 0.05) is 43.9 Å². The van der Waals surface area contributed by atoms with Crippen LogP contribution in [0.25, 0.3) is 11.1 Å². The number of rotatable bonds is 7. The van der Waals surface area contributed by atoms with Gasteiger partial charge in [-0.05, 0) is 79.8 Å². The SMILES string of the molecule is CC(C)NC(=O)C1(Cc2ccc(-c3ccncc3)cc2)CCN(Cc2ccncc2)C1. The molecule has 0 aliphatic carbocycles. The predicted molar refractivity (Wildman–Crippen MR) is 123 cm³/mol. The summed E-state index contributed by atoms with van der Waals surface area (Å²) in [5.41, 5.74) is 4.34. The topological polar surface area (TPSA) is 58.1 Å². The number of amides is 1. The van der Waals surface area contributed by atoms with Gasteiger partial charge < -0.3 is 5.32 Å². The van der Waals surface area contributed by atoms with E-state index in [0.29, 0.717) is 0 Å². The summed E-state index contributed by atoms with van der Waals surface area (Å²) >= 11 is 0. The first-order chi connectivity index (χ1) is 15.0. The van der Waals surface area contributed by atoms with Crippen LogP contribution in [0.15, 0.2) is 73.3 Å². The number of hydrogen-bond donors (Lipinski definition) is 1. The Balaban J connectivity index is 1.52. The van der Waals surface area contributed by atoms with Crippen molar-refractivity contribution in [3.63, 3.8) is 0 Å². The number of carbonyl (C=O) groups excluding carboxylic acids is 1. The molecule has 160 valence electrons. The minimum absolute atomic E-state index is 0.132. The second-order valence-electron chi connectivity index (χ2n) is 8.83. The highest BCUT2D eigenvalue weighted by Crippen LogP contribution is 2.36. The highest BCUT2D eigenvalue weighted by atomic mass is 16.2. The van der Waals surface area contributed by atoms with E-state index in [1.54, 1.807) is 0 Å². The monoisotopic (exact) mass is 414 g/mol. The van der Waals surface area contributed by atoms with Crippen LogP contribution >= 0.6 is 0 Å². The highest BCUT2D eigenvalue weighted by Gasteiger charge is 2.44. The molecule has 1 aliphatic rings. The Bertz CT molecular complexity index is 989. The van der Waals surface area contributed by atoms with Crippen LogP contribution in [0.1, 0.15) is 31.4 Å². The molecule has 1 aromatic carbocycles. The Kier molecular flexibility index (Phi) is 6.42. The predicted octanol–water partition coefficient (Wildman–Crippen LogP) is 4.10. The van der Waals surface area contributed by atoms with E-state index in [0.717, 1.165) is 43.6 Å². The molecule has 1 fully saturated rings. The average molecular weight is 415 g/mol. The van der Waals surface area contributed by atoms with Crippen molar-refractivity contribution in [3.05, 3.63) is 84.4 Å². The lowest BCUT2D eigenvalue weighted by Gasteiger charge is -2.30. The van der Waals surface area contributed by atoms with E-state index < -0.39 is 5.41 Å². The summed E-state index contributed by atoms with van der Waals surface area (Å²) in [5, 5.41) is 3.18. The molecule has 3 heterocycles. The van der Waals surface area contributed by atoms with Crippen LogP contribution < -0.4 is 5.32 Å². The molecule has 31 heavy (non-hydrogen) atoms. The number of pyridine rings is 2. The van der Waals surface area contributed by atoms with Gasteiger partial charge in [-0.1, -0.05) is 24.3 Å². The van der Waals surface area contributed by atoms with E-state index in [9.17, 15) is 4.79 Å². The van der Waals surface area contributed by atoms with E-state index in [-0.39, 0.29) is 11.9 Å². The van der Waals surface area contributed by atoms with Crippen LogP contribution in [-0.2, 0) is 17.8 Å². The van der Waals surface area contributed by atoms with Crippen LogP contribution in [0.5, 0.6) is 0 Å². The number of carbonyl (C=O) groups is 1. The van der Waals surface area contributed by atoms with E-state index >= 15 is 0 Å². The Morgan fingerprint density at radius 1 is 0.935 bits per heavy atom. The third-order valence-corrected chi connectivity index (χ3v) is 6.00. The lowest BCUT2D eigenvalue weighted by atomic mass is 9.79. The molecule has 3 aromatic rings. The number of hydrogen-bond acceptors (Lipinski definition) is 4. The first-order valence-electron chi connectivity index (χ1n) is 11.0. The third-order valence-electron chi connectivity index (χ3n) is 6.00. The molecule has 5 nitrogen and oxygen atoms in total. The summed E-state index contributed by atoms with van der Waals surface area (Å²) in [5.74, 6) is 0.165. The molecule has 1 N–H and O–H groups in total. The summed E-state index contributed by atoms with van der Waals surface area (Å²) < 4.78 is 0. The molecular formula is C26H30N4O. The molecule has 4 rings (SSSR count). The number of nitrogens with zero attached hydrogens (tertiary/aromatic N) is 3. The molecule has 1 unspecified atom stereocenters. The van der Waals surface area contributed by atoms with E-state index in [2.05, 4.69) is 44.5 Å². The molecule has 1 atom stereocenters. The molecule has 1 aliphatic heterocycles. The van der Waals surface area contributed by atoms with Crippen molar-refractivity contribution in [1.29, 1.82) is 0 Å². The zero-order valence-electron chi connectivity index (χ0n) is 18.3. The van der Waals surface area contributed by atoms with Crippen LogP contribution in [0.4, 0.5) is 0 Å². The Morgan fingerprint density at radius 3 is 2.19 bits per heavy atom. The van der Waals surface area contributed by atoms with Crippen molar-refractivity contribution in [3.8, 4) is 11.1 Å². The van der Waals surface area contributed by atoms with Crippen molar-refractivity contribution in [2.75, 3.05) is 13.1 Å². The maximum absolute atomic E-state index is 13.3. The van der Waals surface area contributed by atoms with E-state index in [1.807, 2.05) is 62.9 Å². The van der Waals surface area contributed by atoms with Crippen molar-refractivity contribution in [1.82, 2.24) is 20.2 Å². The number of nitrogens with one attached hydrogen (secondary N) is 1. The van der Waals surface area contributed by atoms with Gasteiger partial charge in [-0.25, -0.2) is 0 Å². The average Bonchev–Trinajstić information content (AvgIpc) is 3.19. The van der Waals surface area contributed by atoms with E-state index in [4.69, 9.17) is 0 Å². The standard InChI is InChI=1S/C26H30N4O/c1-20(2)29-25(31)26(11-16-30(19-26)18-22-7-12-27-13-8-22)17-21-3-5-23(6-4-21)24-9-14-28-15-10-24/h3-10,12-15,20H,11,16-19H2,1-2H3,(H,29,31). The first kappa shape index (κ1) is 21.2. The second kappa shape index (κ2) is 9.40. The lowest BCUT2D eigenvalue weighted by molar-refractivity contribution is -0.131. The third kappa shape index (κ3) is 5.17. The number of benzene rings is 1. The van der Waals surface area contributed by atoms with Gasteiger partial charge in [0.1, 0.15) is 0 Å². The maximum Gasteiger partial charge on any atom is 0.228 e. The summed E-state index contributed by atoms with van der Waals surface area (Å²) in [4.78, 5) is 23.9. The largest absolute Gasteiger partial charge is 0.353 e. The molecule has 5 heteroatoms. The molecule has 2 aromatic heterocycles. The summed E-state index contributed by atoms with van der Waals surface area (Å²) in [7, 11) is 0. The normalized spacial score (nSPS) is 18.9. The Hall–Kier alpha value is -3.05. The molecule has 1 saturated heterocycles. The summed E-state index contributed by atoms with van der Waals surface area (Å²) in [6.45, 7) is 6.58. The van der Waals surface area contributed by atoms with Crippen LogP contribution in [0.3, 0.4) is 0 Å². The zero-order chi connectivity index (χ0) is 21.7. The second-order valence-corrected chi connectivity index (χ2v) is 8.83. The minimum Gasteiger partial charge on any atom is -0.353 e. The van der Waals surface area contributed by atoms with Crippen LogP contribution in [0, 0.1) is 5.41 Å². The summed E-state index contributed by atoms with van der Waals surface area (Å²) in [6, 6.07) is 16.9. The summed E-state index contributed by atoms with van der Waals surface area (Å²) in [6.07, 6.45) is 8.88. The quantitative estimate of drug-likeness (QED) is 0.632. The molecule has 0 saturated carbocycles. The van der Waals surface area contributed by atoms with Gasteiger partial charge in [-0.2, -0.15) is 0 Å². The van der Waals surface area contributed by atoms with Crippen molar-refractivity contribution in [2.24, 2.45) is 5.41 Å². The zero-order valence-corrected chi connectivity index (χ0v) is 18.3. The molecular weight excluding hydrogens is 384 g/mol. The van der Waals surface area contributed by atoms with Gasteiger partial charge in [0.15, 0.2) is 0 Å². The first-order valence-corrected chi connectivity index (χ1v) is 11.0. The van der Waals surface area contributed by atoms with Crippen molar-refractivity contribution in [2.45, 2.75) is 39.3 Å². The minimum atomic E-state index is -0.407. The highest BCUT2D eigenvalue weighted by molar-refractivity contribution is 5.84. The number of likely N-dealkylation sites (tertiary alicyclic amines) is 1. The van der Waals surface area contributed by atoms with E-state index in [1.165, 1.54) is 11.1 Å². The fraction of sp³-hybridized carbons (Fsp3) is 0.346. The maximum atomic E-state index is 13.3. The molecule has 0 bridgehead atoms. The van der Waals surface area contributed by atoms with Gasteiger partial charge in [0.2, 0.25) is 5.91 Å². The smallest absolute Gasteiger partial charge is 0.228 e. The Morgan fingerprint density at radius 2 is 1.55 bits per heavy atom. The van der Waals surface area contributed by atoms with Gasteiger partial charge in [-0.15, -0.1) is 0 Å². The van der Waals surface area contributed by atoms with Gasteiger partial charge in [0.05, 0.1) is 5.41 Å². The molecule has 0 radical (unpaired) electrons. The Labute approximate surface area is 184 Å². The fourth-order valence-corrected chi connectivity index (χ4v) is 4.41. The lowest BCUT2D eigenvalue weighted by Crippen LogP contribution is -2.46. The van der Waals surface area contributed by atoms with Gasteiger partial charge in [-0.3, -0.25) is 19.7 Å². The molecule has 1 amide bonds. The number of aromatic nitrogens is 2. The van der Waals surface area contributed by atoms with Crippen LogP contribution in [0.2, 0.25) is 0 Å². The van der Waals surface area contributed by atoms with Crippen LogP contribution in [-0.4, -0.2) is 39.9 Å². The van der Waals surface area contributed by atoms with Crippen molar-refractivity contribution >= 4 is 5.91 Å². The van der Waals surface area contributed by atoms with Crippen molar-refractivity contribution < 1.29 is 4.79 Å².